The lowest BCUT2D eigenvalue weighted by atomic mass is 10.2. The van der Waals surface area contributed by atoms with Gasteiger partial charge in [-0.15, -0.1) is 0 Å². The van der Waals surface area contributed by atoms with E-state index in [2.05, 4.69) is 4.74 Å². The Morgan fingerprint density at radius 1 is 1.50 bits per heavy atom. The van der Waals surface area contributed by atoms with E-state index < -0.39 is 5.97 Å². The van der Waals surface area contributed by atoms with Crippen LogP contribution in [0.5, 0.6) is 0 Å². The molecule has 0 aromatic heterocycles. The summed E-state index contributed by atoms with van der Waals surface area (Å²) >= 11 is 0. The van der Waals surface area contributed by atoms with E-state index in [-0.39, 0.29) is 17.7 Å². The number of nitrogens with zero attached hydrogens (tertiary/aromatic N) is 2. The first-order valence-electron chi connectivity index (χ1n) is 3.01. The molecule has 5 heteroatoms. The van der Waals surface area contributed by atoms with Crippen molar-refractivity contribution < 1.29 is 9.53 Å². The number of methoxy groups -OCH3 is 1. The molecule has 62 valence electrons. The van der Waals surface area contributed by atoms with Crippen molar-refractivity contribution in [1.29, 1.82) is 10.5 Å². The minimum Gasteiger partial charge on any atom is -0.469 e. The minimum absolute atomic E-state index is 0.0631. The molecule has 0 bridgehead atoms. The monoisotopic (exact) mass is 165 g/mol. The molecule has 12 heavy (non-hydrogen) atoms. The normalized spacial score (nSPS) is 7.58. The number of hydrogen-bond donors (Lipinski definition) is 1. The van der Waals surface area contributed by atoms with Crippen molar-refractivity contribution in [1.82, 2.24) is 0 Å². The van der Waals surface area contributed by atoms with Crippen LogP contribution in [0.3, 0.4) is 0 Å². The number of allylic oxidation sites excluding steroid dienone is 1. The van der Waals surface area contributed by atoms with Gasteiger partial charge in [0, 0.05) is 5.70 Å². The molecule has 0 fully saturated rings. The molecule has 0 spiro atoms. The Hall–Kier alpha value is -2.01. The molecule has 0 aromatic rings. The summed E-state index contributed by atoms with van der Waals surface area (Å²) in [6, 6.07) is 3.13. The van der Waals surface area contributed by atoms with Crippen LogP contribution in [0.15, 0.2) is 11.3 Å². The molecular formula is C7H7N3O2. The Kier molecular flexibility index (Phi) is 3.96. The number of rotatable bonds is 2. The van der Waals surface area contributed by atoms with Gasteiger partial charge in [-0.1, -0.05) is 0 Å². The van der Waals surface area contributed by atoms with Crippen LogP contribution in [0.4, 0.5) is 0 Å². The van der Waals surface area contributed by atoms with Crippen LogP contribution in [-0.4, -0.2) is 13.1 Å². The fraction of sp³-hybridized carbons (Fsp3) is 0.286. The van der Waals surface area contributed by atoms with E-state index >= 15 is 0 Å². The van der Waals surface area contributed by atoms with Crippen LogP contribution in [0.25, 0.3) is 0 Å². The van der Waals surface area contributed by atoms with Crippen molar-refractivity contribution in [2.75, 3.05) is 7.11 Å². The SMILES string of the molecule is COC(=O)CC(N)=C(C#N)C#N. The van der Waals surface area contributed by atoms with Gasteiger partial charge in [-0.25, -0.2) is 0 Å². The smallest absolute Gasteiger partial charge is 0.311 e. The summed E-state index contributed by atoms with van der Waals surface area (Å²) in [5, 5.41) is 16.6. The molecule has 0 amide bonds. The Balaban J connectivity index is 4.50. The van der Waals surface area contributed by atoms with Crippen LogP contribution in [-0.2, 0) is 9.53 Å². The molecule has 0 saturated heterocycles. The first-order valence-corrected chi connectivity index (χ1v) is 3.01. The van der Waals surface area contributed by atoms with Gasteiger partial charge in [0.25, 0.3) is 0 Å². The fourth-order valence-electron chi connectivity index (χ4n) is 0.485. The Labute approximate surface area is 69.6 Å². The molecule has 0 aromatic carbocycles. The summed E-state index contributed by atoms with van der Waals surface area (Å²) in [7, 11) is 1.20. The molecule has 0 aliphatic rings. The van der Waals surface area contributed by atoms with E-state index in [0.717, 1.165) is 0 Å². The first kappa shape index (κ1) is 9.99. The third-order valence-electron chi connectivity index (χ3n) is 1.11. The maximum Gasteiger partial charge on any atom is 0.311 e. The van der Waals surface area contributed by atoms with Crippen molar-refractivity contribution in [2.45, 2.75) is 6.42 Å². The molecule has 0 rings (SSSR count). The maximum atomic E-state index is 10.6. The van der Waals surface area contributed by atoms with Crippen LogP contribution < -0.4 is 5.73 Å². The second-order valence-corrected chi connectivity index (χ2v) is 1.88. The first-order chi connectivity index (χ1) is 5.65. The predicted octanol–water partition coefficient (Wildman–Crippen LogP) is -0.191. The average Bonchev–Trinajstić information content (AvgIpc) is 2.06. The summed E-state index contributed by atoms with van der Waals surface area (Å²) < 4.78 is 4.29. The lowest BCUT2D eigenvalue weighted by molar-refractivity contribution is -0.139. The second kappa shape index (κ2) is 4.75. The number of hydrogen-bond acceptors (Lipinski definition) is 5. The van der Waals surface area contributed by atoms with E-state index in [0.29, 0.717) is 0 Å². The van der Waals surface area contributed by atoms with Crippen LogP contribution >= 0.6 is 0 Å². The van der Waals surface area contributed by atoms with E-state index in [4.69, 9.17) is 16.3 Å². The average molecular weight is 165 g/mol. The van der Waals surface area contributed by atoms with Gasteiger partial charge in [-0.3, -0.25) is 4.79 Å². The van der Waals surface area contributed by atoms with E-state index in [9.17, 15) is 4.79 Å². The number of nitriles is 2. The van der Waals surface area contributed by atoms with Gasteiger partial charge >= 0.3 is 5.97 Å². The molecule has 0 aliphatic carbocycles. The lowest BCUT2D eigenvalue weighted by Gasteiger charge is -1.98. The van der Waals surface area contributed by atoms with Gasteiger partial charge in [0.1, 0.15) is 17.7 Å². The minimum atomic E-state index is -0.574. The van der Waals surface area contributed by atoms with E-state index in [1.165, 1.54) is 7.11 Å². The van der Waals surface area contributed by atoms with Crippen LogP contribution in [0.1, 0.15) is 6.42 Å². The van der Waals surface area contributed by atoms with E-state index in [1.807, 2.05) is 0 Å². The lowest BCUT2D eigenvalue weighted by Crippen LogP contribution is -2.09. The summed E-state index contributed by atoms with van der Waals surface area (Å²) in [5.74, 6) is -0.574. The zero-order valence-electron chi connectivity index (χ0n) is 6.50. The van der Waals surface area contributed by atoms with Gasteiger partial charge in [0.15, 0.2) is 0 Å². The molecule has 0 radical (unpaired) electrons. The number of carbonyl (C=O) groups excluding carboxylic acids is 1. The largest absolute Gasteiger partial charge is 0.469 e. The van der Waals surface area contributed by atoms with Gasteiger partial charge in [0.05, 0.1) is 13.5 Å². The molecule has 0 unspecified atom stereocenters. The highest BCUT2D eigenvalue weighted by molar-refractivity contribution is 5.72. The molecule has 0 aliphatic heterocycles. The number of ether oxygens (including phenoxy) is 1. The van der Waals surface area contributed by atoms with Crippen molar-refractivity contribution in [3.63, 3.8) is 0 Å². The molecule has 0 heterocycles. The zero-order chi connectivity index (χ0) is 9.56. The fourth-order valence-corrected chi connectivity index (χ4v) is 0.485. The standard InChI is InChI=1S/C7H7N3O2/c1-12-7(11)2-6(10)5(3-8)4-9/h2,10H2,1H3. The molecule has 2 N–H and O–H groups in total. The topological polar surface area (TPSA) is 99.9 Å². The highest BCUT2D eigenvalue weighted by Crippen LogP contribution is 2.01. The van der Waals surface area contributed by atoms with Gasteiger partial charge in [-0.05, 0) is 0 Å². The van der Waals surface area contributed by atoms with E-state index in [1.54, 1.807) is 12.1 Å². The van der Waals surface area contributed by atoms with Crippen molar-refractivity contribution in [3.05, 3.63) is 11.3 Å². The molecule has 0 atom stereocenters. The number of esters is 1. The Morgan fingerprint density at radius 3 is 2.33 bits per heavy atom. The summed E-state index contributed by atoms with van der Waals surface area (Å²) in [5.41, 5.74) is 4.94. The van der Waals surface area contributed by atoms with Crippen molar-refractivity contribution in [2.24, 2.45) is 5.73 Å². The van der Waals surface area contributed by atoms with Gasteiger partial charge in [-0.2, -0.15) is 10.5 Å². The van der Waals surface area contributed by atoms with Gasteiger partial charge in [0.2, 0.25) is 0 Å². The van der Waals surface area contributed by atoms with Crippen molar-refractivity contribution >= 4 is 5.97 Å². The maximum absolute atomic E-state index is 10.6. The molecule has 5 nitrogen and oxygen atoms in total. The highest BCUT2D eigenvalue weighted by atomic mass is 16.5. The predicted molar refractivity (Wildman–Crippen MR) is 39.1 cm³/mol. The third kappa shape index (κ3) is 2.72. The molecule has 0 saturated carbocycles. The number of nitrogens with two attached hydrogens (primary N) is 1. The Bertz CT molecular complexity index is 277. The highest BCUT2D eigenvalue weighted by Gasteiger charge is 2.07. The Morgan fingerprint density at radius 2 is 2.00 bits per heavy atom. The second-order valence-electron chi connectivity index (χ2n) is 1.88. The quantitative estimate of drug-likeness (QED) is 0.451. The van der Waals surface area contributed by atoms with Crippen LogP contribution in [0, 0.1) is 22.7 Å². The van der Waals surface area contributed by atoms with Gasteiger partial charge < -0.3 is 10.5 Å². The summed E-state index contributed by atoms with van der Waals surface area (Å²) in [4.78, 5) is 10.6. The van der Waals surface area contributed by atoms with Crippen LogP contribution in [0.2, 0.25) is 0 Å². The third-order valence-corrected chi connectivity index (χ3v) is 1.11. The summed E-state index contributed by atoms with van der Waals surface area (Å²) in [6.45, 7) is 0. The summed E-state index contributed by atoms with van der Waals surface area (Å²) in [6.07, 6.45) is -0.229. The zero-order valence-corrected chi connectivity index (χ0v) is 6.50. The van der Waals surface area contributed by atoms with Crippen molar-refractivity contribution in [3.8, 4) is 12.1 Å². The molecular weight excluding hydrogens is 158 g/mol. The number of carbonyl (C=O) groups is 1.